The van der Waals surface area contributed by atoms with Crippen LogP contribution in [0, 0.1) is 5.82 Å². The lowest BCUT2D eigenvalue weighted by atomic mass is 10.1. The van der Waals surface area contributed by atoms with Gasteiger partial charge in [0.1, 0.15) is 5.82 Å². The van der Waals surface area contributed by atoms with Crippen LogP contribution in [-0.4, -0.2) is 46.5 Å². The van der Waals surface area contributed by atoms with Crippen LogP contribution in [0.4, 0.5) is 10.3 Å². The van der Waals surface area contributed by atoms with E-state index in [1.807, 2.05) is 53.4 Å². The highest BCUT2D eigenvalue weighted by Gasteiger charge is 2.25. The zero-order chi connectivity index (χ0) is 20.5. The SMILES string of the molecule is O=C(c1ccc2ccccc2c1)N1CCN(c2nccn2-c2ccccc2F)CC1. The topological polar surface area (TPSA) is 41.4 Å². The predicted octanol–water partition coefficient (Wildman–Crippen LogP) is 4.13. The number of carbonyl (C=O) groups is 1. The van der Waals surface area contributed by atoms with Crippen LogP contribution in [0.5, 0.6) is 0 Å². The smallest absolute Gasteiger partial charge is 0.253 e. The Bertz CT molecular complexity index is 1210. The number of aromatic nitrogens is 2. The van der Waals surface area contributed by atoms with Gasteiger partial charge in [0, 0.05) is 44.1 Å². The van der Waals surface area contributed by atoms with Crippen LogP contribution in [0.25, 0.3) is 16.5 Å². The average Bonchev–Trinajstić information content (AvgIpc) is 3.28. The van der Waals surface area contributed by atoms with Crippen molar-refractivity contribution in [3.8, 4) is 5.69 Å². The lowest BCUT2D eigenvalue weighted by molar-refractivity contribution is 0.0746. The Hall–Kier alpha value is -3.67. The molecule has 4 aromatic rings. The first-order valence-electron chi connectivity index (χ1n) is 10.0. The molecule has 1 aliphatic rings. The fourth-order valence-corrected chi connectivity index (χ4v) is 3.98. The van der Waals surface area contributed by atoms with Gasteiger partial charge in [0.2, 0.25) is 5.95 Å². The van der Waals surface area contributed by atoms with Crippen LogP contribution in [0.1, 0.15) is 10.4 Å². The van der Waals surface area contributed by atoms with Gasteiger partial charge in [-0.1, -0.05) is 42.5 Å². The first-order valence-corrected chi connectivity index (χ1v) is 10.0. The molecule has 0 unspecified atom stereocenters. The Morgan fingerprint density at radius 3 is 2.40 bits per heavy atom. The van der Waals surface area contributed by atoms with E-state index >= 15 is 0 Å². The number of carbonyl (C=O) groups excluding carboxylic acids is 1. The second-order valence-electron chi connectivity index (χ2n) is 7.39. The molecule has 1 aromatic heterocycles. The van der Waals surface area contributed by atoms with Crippen LogP contribution in [-0.2, 0) is 0 Å². The number of halogens is 1. The maximum absolute atomic E-state index is 14.2. The summed E-state index contributed by atoms with van der Waals surface area (Å²) in [6.07, 6.45) is 3.44. The molecule has 0 saturated carbocycles. The fraction of sp³-hybridized carbons (Fsp3) is 0.167. The zero-order valence-corrected chi connectivity index (χ0v) is 16.4. The summed E-state index contributed by atoms with van der Waals surface area (Å²) >= 11 is 0. The van der Waals surface area contributed by atoms with E-state index in [2.05, 4.69) is 9.88 Å². The maximum atomic E-state index is 14.2. The molecule has 6 heteroatoms. The second kappa shape index (κ2) is 7.63. The Kier molecular flexibility index (Phi) is 4.67. The minimum atomic E-state index is -0.290. The molecule has 0 bridgehead atoms. The van der Waals surface area contributed by atoms with Gasteiger partial charge in [-0.05, 0) is 35.0 Å². The van der Waals surface area contributed by atoms with E-state index in [1.165, 1.54) is 6.07 Å². The van der Waals surface area contributed by atoms with E-state index in [-0.39, 0.29) is 11.7 Å². The summed E-state index contributed by atoms with van der Waals surface area (Å²) in [5.74, 6) is 0.442. The quantitative estimate of drug-likeness (QED) is 0.519. The number of rotatable bonds is 3. The fourth-order valence-electron chi connectivity index (χ4n) is 3.98. The summed E-state index contributed by atoms with van der Waals surface area (Å²) in [4.78, 5) is 21.4. The molecule has 1 amide bonds. The van der Waals surface area contributed by atoms with Crippen molar-refractivity contribution >= 4 is 22.6 Å². The summed E-state index contributed by atoms with van der Waals surface area (Å²) in [6, 6.07) is 20.5. The first kappa shape index (κ1) is 18.4. The molecule has 0 aliphatic carbocycles. The van der Waals surface area contributed by atoms with E-state index in [1.54, 1.807) is 29.1 Å². The third kappa shape index (κ3) is 3.30. The van der Waals surface area contributed by atoms with Gasteiger partial charge in [-0.2, -0.15) is 0 Å². The van der Waals surface area contributed by atoms with E-state index in [0.29, 0.717) is 43.4 Å². The second-order valence-corrected chi connectivity index (χ2v) is 7.39. The zero-order valence-electron chi connectivity index (χ0n) is 16.4. The molecule has 1 saturated heterocycles. The van der Waals surface area contributed by atoms with Gasteiger partial charge in [-0.25, -0.2) is 9.37 Å². The molecule has 0 N–H and O–H groups in total. The van der Waals surface area contributed by atoms with E-state index in [4.69, 9.17) is 0 Å². The third-order valence-electron chi connectivity index (χ3n) is 5.58. The number of nitrogens with zero attached hydrogens (tertiary/aromatic N) is 4. The largest absolute Gasteiger partial charge is 0.338 e. The molecular formula is C24H21FN4O. The van der Waals surface area contributed by atoms with E-state index in [0.717, 1.165) is 10.8 Å². The Labute approximate surface area is 174 Å². The van der Waals surface area contributed by atoms with Gasteiger partial charge in [-0.3, -0.25) is 9.36 Å². The van der Waals surface area contributed by atoms with Crippen LogP contribution >= 0.6 is 0 Å². The number of hydrogen-bond donors (Lipinski definition) is 0. The highest BCUT2D eigenvalue weighted by atomic mass is 19.1. The maximum Gasteiger partial charge on any atom is 0.253 e. The Morgan fingerprint density at radius 2 is 1.60 bits per heavy atom. The highest BCUT2D eigenvalue weighted by Crippen LogP contribution is 2.23. The molecule has 0 spiro atoms. The summed E-state index contributed by atoms with van der Waals surface area (Å²) in [5.41, 5.74) is 1.18. The van der Waals surface area contributed by atoms with Crippen LogP contribution in [0.2, 0.25) is 0 Å². The van der Waals surface area contributed by atoms with Crippen molar-refractivity contribution in [3.63, 3.8) is 0 Å². The summed E-state index contributed by atoms with van der Waals surface area (Å²) in [7, 11) is 0. The third-order valence-corrected chi connectivity index (χ3v) is 5.58. The van der Waals surface area contributed by atoms with Crippen molar-refractivity contribution in [3.05, 3.63) is 90.5 Å². The lowest BCUT2D eigenvalue weighted by Crippen LogP contribution is -2.49. The van der Waals surface area contributed by atoms with Crippen molar-refractivity contribution in [1.82, 2.24) is 14.5 Å². The van der Waals surface area contributed by atoms with Gasteiger partial charge < -0.3 is 9.80 Å². The number of imidazole rings is 1. The van der Waals surface area contributed by atoms with Gasteiger partial charge in [0.25, 0.3) is 5.91 Å². The van der Waals surface area contributed by atoms with E-state index in [9.17, 15) is 9.18 Å². The van der Waals surface area contributed by atoms with Crippen molar-refractivity contribution in [2.45, 2.75) is 0 Å². The Balaban J connectivity index is 1.32. The first-order chi connectivity index (χ1) is 14.7. The number of anilines is 1. The number of piperazine rings is 1. The molecule has 1 aliphatic heterocycles. The summed E-state index contributed by atoms with van der Waals surface area (Å²) < 4.78 is 16.0. The van der Waals surface area contributed by atoms with Crippen molar-refractivity contribution < 1.29 is 9.18 Å². The van der Waals surface area contributed by atoms with Crippen molar-refractivity contribution in [2.75, 3.05) is 31.1 Å². The molecule has 1 fully saturated rings. The lowest BCUT2D eigenvalue weighted by Gasteiger charge is -2.35. The molecule has 0 radical (unpaired) electrons. The number of amides is 1. The van der Waals surface area contributed by atoms with Crippen LogP contribution in [0.3, 0.4) is 0 Å². The minimum absolute atomic E-state index is 0.0397. The monoisotopic (exact) mass is 400 g/mol. The average molecular weight is 400 g/mol. The highest BCUT2D eigenvalue weighted by molar-refractivity contribution is 5.98. The molecular weight excluding hydrogens is 379 g/mol. The van der Waals surface area contributed by atoms with Gasteiger partial charge in [0.05, 0.1) is 5.69 Å². The normalized spacial score (nSPS) is 14.3. The summed E-state index contributed by atoms with van der Waals surface area (Å²) in [5, 5.41) is 2.19. The molecule has 150 valence electrons. The molecule has 5 nitrogen and oxygen atoms in total. The molecule has 3 aromatic carbocycles. The van der Waals surface area contributed by atoms with Crippen LogP contribution < -0.4 is 4.90 Å². The van der Waals surface area contributed by atoms with Gasteiger partial charge in [0.15, 0.2) is 0 Å². The summed E-state index contributed by atoms with van der Waals surface area (Å²) in [6.45, 7) is 2.47. The van der Waals surface area contributed by atoms with Crippen LogP contribution in [0.15, 0.2) is 79.1 Å². The number of hydrogen-bond acceptors (Lipinski definition) is 3. The number of benzene rings is 3. The number of para-hydroxylation sites is 1. The van der Waals surface area contributed by atoms with Gasteiger partial charge >= 0.3 is 0 Å². The molecule has 2 heterocycles. The number of fused-ring (bicyclic) bond motifs is 1. The van der Waals surface area contributed by atoms with E-state index < -0.39 is 0 Å². The van der Waals surface area contributed by atoms with Gasteiger partial charge in [-0.15, -0.1) is 0 Å². The minimum Gasteiger partial charge on any atom is -0.338 e. The standard InChI is InChI=1S/C24H21FN4O/c25-21-7-3-4-8-22(21)29-12-11-26-24(29)28-15-13-27(14-16-28)23(30)20-10-9-18-5-1-2-6-19(18)17-20/h1-12,17H,13-16H2. The predicted molar refractivity (Wildman–Crippen MR) is 116 cm³/mol. The molecule has 5 rings (SSSR count). The van der Waals surface area contributed by atoms with Crippen molar-refractivity contribution in [2.24, 2.45) is 0 Å². The van der Waals surface area contributed by atoms with Crippen molar-refractivity contribution in [1.29, 1.82) is 0 Å². The Morgan fingerprint density at radius 1 is 0.867 bits per heavy atom. The molecule has 30 heavy (non-hydrogen) atoms. The molecule has 0 atom stereocenters.